The first-order valence-corrected chi connectivity index (χ1v) is 19.1. The fourth-order valence-corrected chi connectivity index (χ4v) is 7.67. The number of anilines is 1. The van der Waals surface area contributed by atoms with Crippen LogP contribution in [-0.2, 0) is 9.59 Å². The number of amides is 4. The van der Waals surface area contributed by atoms with Crippen molar-refractivity contribution >= 4 is 40.5 Å². The first-order valence-electron chi connectivity index (χ1n) is 19.1. The van der Waals surface area contributed by atoms with Crippen LogP contribution in [0.4, 0.5) is 5.69 Å². The molecule has 0 saturated carbocycles. The summed E-state index contributed by atoms with van der Waals surface area (Å²) in [7, 11) is 0. The van der Waals surface area contributed by atoms with Gasteiger partial charge in [0, 0.05) is 51.4 Å². The van der Waals surface area contributed by atoms with Crippen molar-refractivity contribution in [1.82, 2.24) is 20.0 Å². The summed E-state index contributed by atoms with van der Waals surface area (Å²) >= 11 is 0. The highest BCUT2D eigenvalue weighted by Crippen LogP contribution is 2.36. The van der Waals surface area contributed by atoms with Crippen LogP contribution in [0.15, 0.2) is 97.1 Å². The van der Waals surface area contributed by atoms with Crippen LogP contribution in [0, 0.1) is 0 Å². The summed E-state index contributed by atoms with van der Waals surface area (Å²) in [5.74, 6) is -0.923. The van der Waals surface area contributed by atoms with Crippen molar-refractivity contribution in [3.63, 3.8) is 0 Å². The molecule has 3 N–H and O–H groups in total. The number of aromatic hydroxyl groups is 1. The molecule has 3 aliphatic heterocycles. The maximum atomic E-state index is 13.1. The summed E-state index contributed by atoms with van der Waals surface area (Å²) in [5.41, 5.74) is 7.02. The molecule has 0 aliphatic carbocycles. The van der Waals surface area contributed by atoms with Crippen molar-refractivity contribution < 1.29 is 29.0 Å². The van der Waals surface area contributed by atoms with Gasteiger partial charge in [0.15, 0.2) is 0 Å². The monoisotopic (exact) mass is 741 g/mol. The van der Waals surface area contributed by atoms with Gasteiger partial charge in [-0.1, -0.05) is 61.5 Å². The zero-order valence-electron chi connectivity index (χ0n) is 31.1. The van der Waals surface area contributed by atoms with Gasteiger partial charge in [-0.05, 0) is 96.1 Å². The minimum Gasteiger partial charge on any atom is -0.508 e. The van der Waals surface area contributed by atoms with Crippen LogP contribution in [-0.4, -0.2) is 102 Å². The van der Waals surface area contributed by atoms with Gasteiger partial charge >= 0.3 is 0 Å². The Hall–Kier alpha value is -5.78. The zero-order chi connectivity index (χ0) is 38.3. The molecule has 55 heavy (non-hydrogen) atoms. The molecule has 3 aliphatic rings. The Bertz CT molecular complexity index is 2060. The molecule has 0 spiro atoms. The predicted molar refractivity (Wildman–Crippen MR) is 212 cm³/mol. The molecule has 0 bridgehead atoms. The fraction of sp³-hybridized carbons (Fsp3) is 0.318. The molecule has 4 amide bonds. The smallest absolute Gasteiger partial charge is 0.262 e. The van der Waals surface area contributed by atoms with Crippen LogP contribution in [0.1, 0.15) is 70.0 Å². The summed E-state index contributed by atoms with van der Waals surface area (Å²) < 4.78 is 6.19. The van der Waals surface area contributed by atoms with E-state index in [1.165, 1.54) is 11.1 Å². The highest BCUT2D eigenvalue weighted by molar-refractivity contribution is 6.23. The van der Waals surface area contributed by atoms with Crippen LogP contribution in [0.3, 0.4) is 0 Å². The molecule has 284 valence electrons. The molecule has 2 fully saturated rings. The van der Waals surface area contributed by atoms with Crippen molar-refractivity contribution in [2.24, 2.45) is 0 Å². The normalized spacial score (nSPS) is 18.2. The van der Waals surface area contributed by atoms with Crippen LogP contribution < -0.4 is 15.4 Å². The van der Waals surface area contributed by atoms with Crippen molar-refractivity contribution in [3.05, 3.63) is 125 Å². The van der Waals surface area contributed by atoms with Gasteiger partial charge in [0.2, 0.25) is 11.8 Å². The van der Waals surface area contributed by atoms with E-state index in [0.717, 1.165) is 85.1 Å². The molecular formula is C44H47N5O6. The van der Waals surface area contributed by atoms with E-state index in [1.54, 1.807) is 30.3 Å². The van der Waals surface area contributed by atoms with Crippen LogP contribution >= 0.6 is 0 Å². The molecule has 4 aromatic carbocycles. The van der Waals surface area contributed by atoms with E-state index in [2.05, 4.69) is 63.8 Å². The third kappa shape index (κ3) is 8.64. The number of carbonyl (C=O) groups is 4. The summed E-state index contributed by atoms with van der Waals surface area (Å²) in [6.45, 7) is 9.19. The van der Waals surface area contributed by atoms with Gasteiger partial charge in [-0.2, -0.15) is 0 Å². The number of fused-ring (bicyclic) bond motifs is 1. The predicted octanol–water partition coefficient (Wildman–Crippen LogP) is 5.66. The molecule has 7 rings (SSSR count). The van der Waals surface area contributed by atoms with E-state index in [-0.39, 0.29) is 29.7 Å². The van der Waals surface area contributed by atoms with Crippen molar-refractivity contribution in [2.45, 2.75) is 38.6 Å². The number of rotatable bonds is 14. The number of phenolic OH excluding ortho intramolecular Hbond substituents is 1. The molecule has 1 unspecified atom stereocenters. The third-order valence-electron chi connectivity index (χ3n) is 10.6. The minimum atomic E-state index is -0.970. The third-order valence-corrected chi connectivity index (χ3v) is 10.6. The number of benzene rings is 4. The number of nitrogens with zero attached hydrogens (tertiary/aromatic N) is 3. The summed E-state index contributed by atoms with van der Waals surface area (Å²) in [5, 5.41) is 15.5. The Morgan fingerprint density at radius 3 is 2.11 bits per heavy atom. The number of piperidine rings is 1. The Labute approximate surface area is 321 Å². The molecule has 0 radical (unpaired) electrons. The average Bonchev–Trinajstić information content (AvgIpc) is 3.45. The lowest BCUT2D eigenvalue weighted by atomic mass is 9.88. The van der Waals surface area contributed by atoms with Gasteiger partial charge in [-0.3, -0.25) is 34.3 Å². The van der Waals surface area contributed by atoms with E-state index in [9.17, 15) is 24.3 Å². The molecule has 2 saturated heterocycles. The lowest BCUT2D eigenvalue weighted by Gasteiger charge is -2.34. The molecule has 3 heterocycles. The number of phenols is 1. The lowest BCUT2D eigenvalue weighted by Crippen LogP contribution is -2.54. The van der Waals surface area contributed by atoms with E-state index in [0.29, 0.717) is 13.2 Å². The highest BCUT2D eigenvalue weighted by atomic mass is 16.5. The number of hydrogen-bond donors (Lipinski definition) is 3. The maximum Gasteiger partial charge on any atom is 0.262 e. The molecule has 0 aromatic heterocycles. The number of piperazine rings is 1. The second kappa shape index (κ2) is 17.1. The topological polar surface area (TPSA) is 132 Å². The van der Waals surface area contributed by atoms with Crippen molar-refractivity contribution in [1.29, 1.82) is 0 Å². The van der Waals surface area contributed by atoms with Crippen LogP contribution in [0.2, 0.25) is 0 Å². The van der Waals surface area contributed by atoms with Gasteiger partial charge in [-0.25, -0.2) is 0 Å². The Morgan fingerprint density at radius 2 is 1.44 bits per heavy atom. The van der Waals surface area contributed by atoms with E-state index < -0.39 is 29.7 Å². The summed E-state index contributed by atoms with van der Waals surface area (Å²) in [6.07, 6.45) is 2.01. The Kier molecular flexibility index (Phi) is 11.7. The van der Waals surface area contributed by atoms with E-state index in [1.807, 2.05) is 30.3 Å². The maximum absolute atomic E-state index is 13.1. The number of hydrogen-bond acceptors (Lipinski definition) is 9. The van der Waals surface area contributed by atoms with E-state index in [4.69, 9.17) is 4.74 Å². The summed E-state index contributed by atoms with van der Waals surface area (Å²) in [4.78, 5) is 55.9. The molecule has 11 heteroatoms. The van der Waals surface area contributed by atoms with Crippen LogP contribution in [0.5, 0.6) is 11.5 Å². The van der Waals surface area contributed by atoms with Gasteiger partial charge in [0.05, 0.1) is 11.1 Å². The van der Waals surface area contributed by atoms with Gasteiger partial charge in [0.1, 0.15) is 24.1 Å². The molecule has 1 atom stereocenters. The van der Waals surface area contributed by atoms with Gasteiger partial charge in [-0.15, -0.1) is 0 Å². The zero-order valence-corrected chi connectivity index (χ0v) is 31.1. The van der Waals surface area contributed by atoms with Crippen LogP contribution in [0.25, 0.3) is 11.1 Å². The quantitative estimate of drug-likeness (QED) is 0.0852. The summed E-state index contributed by atoms with van der Waals surface area (Å²) in [6, 6.07) is 30.3. The Balaban J connectivity index is 0.845. The molecule has 11 nitrogen and oxygen atoms in total. The van der Waals surface area contributed by atoms with Crippen molar-refractivity contribution in [2.75, 3.05) is 57.7 Å². The average molecular weight is 742 g/mol. The van der Waals surface area contributed by atoms with Crippen molar-refractivity contribution in [3.8, 4) is 11.5 Å². The lowest BCUT2D eigenvalue weighted by molar-refractivity contribution is -0.136. The van der Waals surface area contributed by atoms with Gasteiger partial charge < -0.3 is 20.1 Å². The first kappa shape index (κ1) is 37.5. The number of nitrogens with one attached hydrogen (secondary N) is 2. The first-order chi connectivity index (χ1) is 26.8. The number of allylic oxidation sites excluding steroid dienone is 1. The molecule has 4 aromatic rings. The second-order valence-electron chi connectivity index (χ2n) is 14.2. The van der Waals surface area contributed by atoms with Gasteiger partial charge in [0.25, 0.3) is 11.8 Å². The standard InChI is InChI=1S/C44H47N5O6/c1-2-36(30-7-4-3-5-8-30)41(31-9-14-34(50)15-10-31)32-11-16-35(17-12-32)55-28-27-48-25-23-47(24-26-48)22-6-21-45-33-13-18-37-38(29-33)44(54)49(43(37)53)39-19-20-40(51)46-42(39)52/h3-5,7-18,29,39,45,50H,2,6,19-28H2,1H3,(H,46,51,52). The number of carbonyl (C=O) groups excluding carboxylic acids is 4. The minimum absolute atomic E-state index is 0.0927. The Morgan fingerprint density at radius 1 is 0.782 bits per heavy atom. The number of imide groups is 2. The highest BCUT2D eigenvalue weighted by Gasteiger charge is 2.44. The fourth-order valence-electron chi connectivity index (χ4n) is 7.67. The second-order valence-corrected chi connectivity index (χ2v) is 14.2. The largest absolute Gasteiger partial charge is 0.508 e. The SMILES string of the molecule is CCC(=C(c1ccc(O)cc1)c1ccc(OCCN2CCN(CCCNc3ccc4c(c3)C(=O)N(C3CCC(=O)NC3=O)C4=O)CC2)cc1)c1ccccc1. The molecular weight excluding hydrogens is 695 g/mol. The van der Waals surface area contributed by atoms with E-state index >= 15 is 0 Å². The number of ether oxygens (including phenoxy) is 1.